The molecule has 1 saturated carbocycles. The third kappa shape index (κ3) is 2.59. The van der Waals surface area contributed by atoms with Crippen LogP contribution in [0.3, 0.4) is 0 Å². The van der Waals surface area contributed by atoms with Crippen molar-refractivity contribution in [2.45, 2.75) is 44.4 Å². The minimum atomic E-state index is 0.420. The largest absolute Gasteiger partial charge is 0.244 e. The SMILES string of the molecule is N#CCc1nc(C2CCCCC2)sc1Br. The molecule has 1 heterocycles. The van der Waals surface area contributed by atoms with Crippen molar-refractivity contribution >= 4 is 27.3 Å². The first-order chi connectivity index (χ1) is 7.31. The molecule has 1 aromatic heterocycles. The Morgan fingerprint density at radius 2 is 2.13 bits per heavy atom. The maximum atomic E-state index is 8.66. The van der Waals surface area contributed by atoms with Crippen LogP contribution in [0, 0.1) is 11.3 Å². The molecule has 1 aromatic rings. The van der Waals surface area contributed by atoms with E-state index in [4.69, 9.17) is 5.26 Å². The topological polar surface area (TPSA) is 36.7 Å². The first kappa shape index (κ1) is 11.1. The predicted molar refractivity (Wildman–Crippen MR) is 65.0 cm³/mol. The highest BCUT2D eigenvalue weighted by molar-refractivity contribution is 9.11. The van der Waals surface area contributed by atoms with Crippen LogP contribution in [0.5, 0.6) is 0 Å². The Balaban J connectivity index is 2.14. The number of aromatic nitrogens is 1. The standard InChI is InChI=1S/C11H13BrN2S/c12-10-9(6-7-13)14-11(15-10)8-4-2-1-3-5-8/h8H,1-6H2. The van der Waals surface area contributed by atoms with Crippen molar-refractivity contribution in [2.75, 3.05) is 0 Å². The molecular weight excluding hydrogens is 272 g/mol. The molecule has 0 spiro atoms. The summed E-state index contributed by atoms with van der Waals surface area (Å²) in [6, 6.07) is 2.16. The zero-order valence-corrected chi connectivity index (χ0v) is 10.9. The summed E-state index contributed by atoms with van der Waals surface area (Å²) < 4.78 is 1.05. The molecular formula is C11H13BrN2S. The molecule has 4 heteroatoms. The van der Waals surface area contributed by atoms with Crippen LogP contribution in [-0.4, -0.2) is 4.98 Å². The lowest BCUT2D eigenvalue weighted by molar-refractivity contribution is 0.442. The second-order valence-corrected chi connectivity index (χ2v) is 6.29. The van der Waals surface area contributed by atoms with Crippen molar-refractivity contribution < 1.29 is 0 Å². The first-order valence-electron chi connectivity index (χ1n) is 5.33. The number of rotatable bonds is 2. The lowest BCUT2D eigenvalue weighted by Gasteiger charge is -2.18. The zero-order valence-electron chi connectivity index (χ0n) is 8.50. The van der Waals surface area contributed by atoms with E-state index in [0.29, 0.717) is 12.3 Å². The predicted octanol–water partition coefficient (Wildman–Crippen LogP) is 4.02. The average molecular weight is 285 g/mol. The lowest BCUT2D eigenvalue weighted by Crippen LogP contribution is -2.04. The molecule has 0 radical (unpaired) electrons. The minimum absolute atomic E-state index is 0.420. The van der Waals surface area contributed by atoms with Gasteiger partial charge in [0.25, 0.3) is 0 Å². The molecule has 0 unspecified atom stereocenters. The van der Waals surface area contributed by atoms with Crippen LogP contribution in [0.25, 0.3) is 0 Å². The molecule has 0 N–H and O–H groups in total. The van der Waals surface area contributed by atoms with Gasteiger partial charge in [0.05, 0.1) is 27.0 Å². The fraction of sp³-hybridized carbons (Fsp3) is 0.636. The average Bonchev–Trinajstić information content (AvgIpc) is 2.63. The molecule has 2 nitrogen and oxygen atoms in total. The van der Waals surface area contributed by atoms with E-state index in [9.17, 15) is 0 Å². The number of halogens is 1. The Morgan fingerprint density at radius 1 is 1.40 bits per heavy atom. The molecule has 1 aliphatic rings. The summed E-state index contributed by atoms with van der Waals surface area (Å²) in [4.78, 5) is 4.57. The van der Waals surface area contributed by atoms with Gasteiger partial charge < -0.3 is 0 Å². The molecule has 80 valence electrons. The normalized spacial score (nSPS) is 17.6. The molecule has 0 aliphatic heterocycles. The van der Waals surface area contributed by atoms with Gasteiger partial charge in [-0.15, -0.1) is 11.3 Å². The highest BCUT2D eigenvalue weighted by atomic mass is 79.9. The molecule has 1 fully saturated rings. The van der Waals surface area contributed by atoms with E-state index in [-0.39, 0.29) is 0 Å². The van der Waals surface area contributed by atoms with E-state index < -0.39 is 0 Å². The van der Waals surface area contributed by atoms with Crippen LogP contribution in [0.4, 0.5) is 0 Å². The first-order valence-corrected chi connectivity index (χ1v) is 6.94. The molecule has 1 aliphatic carbocycles. The third-order valence-corrected chi connectivity index (χ3v) is 4.86. The van der Waals surface area contributed by atoms with Gasteiger partial charge in [0, 0.05) is 5.92 Å². The molecule has 0 atom stereocenters. The second-order valence-electron chi connectivity index (χ2n) is 3.94. The Bertz CT molecular complexity index is 374. The number of nitrogens with zero attached hydrogens (tertiary/aromatic N) is 2. The van der Waals surface area contributed by atoms with E-state index in [1.807, 2.05) is 0 Å². The molecule has 2 rings (SSSR count). The number of thiazole rings is 1. The summed E-state index contributed by atoms with van der Waals surface area (Å²) in [6.07, 6.45) is 6.99. The van der Waals surface area contributed by atoms with Crippen LogP contribution >= 0.6 is 27.3 Å². The van der Waals surface area contributed by atoms with E-state index in [0.717, 1.165) is 9.48 Å². The van der Waals surface area contributed by atoms with Crippen LogP contribution in [-0.2, 0) is 6.42 Å². The van der Waals surface area contributed by atoms with E-state index in [1.165, 1.54) is 37.1 Å². The van der Waals surface area contributed by atoms with Gasteiger partial charge in [0.2, 0.25) is 0 Å². The van der Waals surface area contributed by atoms with Crippen molar-refractivity contribution in [1.82, 2.24) is 4.98 Å². The molecule has 0 amide bonds. The molecule has 15 heavy (non-hydrogen) atoms. The van der Waals surface area contributed by atoms with Gasteiger partial charge in [-0.3, -0.25) is 0 Å². The maximum absolute atomic E-state index is 8.66. The highest BCUT2D eigenvalue weighted by Crippen LogP contribution is 2.37. The zero-order chi connectivity index (χ0) is 10.7. The summed E-state index contributed by atoms with van der Waals surface area (Å²) in [7, 11) is 0. The third-order valence-electron chi connectivity index (χ3n) is 2.87. The maximum Gasteiger partial charge on any atom is 0.0971 e. The summed E-state index contributed by atoms with van der Waals surface area (Å²) in [5.41, 5.74) is 0.920. The lowest BCUT2D eigenvalue weighted by atomic mass is 9.90. The summed E-state index contributed by atoms with van der Waals surface area (Å²) in [5, 5.41) is 9.89. The van der Waals surface area contributed by atoms with Gasteiger partial charge in [-0.25, -0.2) is 4.98 Å². The Labute approximate surface area is 102 Å². The van der Waals surface area contributed by atoms with Gasteiger partial charge in [0.15, 0.2) is 0 Å². The Morgan fingerprint density at radius 3 is 2.80 bits per heavy atom. The van der Waals surface area contributed by atoms with Gasteiger partial charge in [-0.1, -0.05) is 19.3 Å². The van der Waals surface area contributed by atoms with Gasteiger partial charge in [0.1, 0.15) is 0 Å². The van der Waals surface area contributed by atoms with E-state index in [2.05, 4.69) is 27.0 Å². The van der Waals surface area contributed by atoms with Crippen molar-refractivity contribution in [3.05, 3.63) is 14.5 Å². The number of hydrogen-bond donors (Lipinski definition) is 0. The van der Waals surface area contributed by atoms with E-state index >= 15 is 0 Å². The second kappa shape index (κ2) is 5.09. The highest BCUT2D eigenvalue weighted by Gasteiger charge is 2.20. The molecule has 0 saturated heterocycles. The Kier molecular flexibility index (Phi) is 3.76. The fourth-order valence-electron chi connectivity index (χ4n) is 2.06. The summed E-state index contributed by atoms with van der Waals surface area (Å²) >= 11 is 5.20. The van der Waals surface area contributed by atoms with Crippen molar-refractivity contribution in [3.8, 4) is 6.07 Å². The smallest absolute Gasteiger partial charge is 0.0971 e. The monoisotopic (exact) mass is 284 g/mol. The van der Waals surface area contributed by atoms with Gasteiger partial charge in [-0.05, 0) is 28.8 Å². The molecule has 0 bridgehead atoms. The number of nitriles is 1. The van der Waals surface area contributed by atoms with Crippen molar-refractivity contribution in [2.24, 2.45) is 0 Å². The quantitative estimate of drug-likeness (QED) is 0.823. The van der Waals surface area contributed by atoms with Crippen LogP contribution in [0.1, 0.15) is 48.7 Å². The van der Waals surface area contributed by atoms with Crippen LogP contribution in [0.15, 0.2) is 3.79 Å². The van der Waals surface area contributed by atoms with E-state index in [1.54, 1.807) is 11.3 Å². The van der Waals surface area contributed by atoms with Gasteiger partial charge in [-0.2, -0.15) is 5.26 Å². The van der Waals surface area contributed by atoms with Crippen LogP contribution in [0.2, 0.25) is 0 Å². The number of hydrogen-bond acceptors (Lipinski definition) is 3. The summed E-state index contributed by atoms with van der Waals surface area (Å²) in [6.45, 7) is 0. The molecule has 0 aromatic carbocycles. The fourth-order valence-corrected chi connectivity index (χ4v) is 3.76. The van der Waals surface area contributed by atoms with Gasteiger partial charge >= 0.3 is 0 Å². The van der Waals surface area contributed by atoms with Crippen molar-refractivity contribution in [1.29, 1.82) is 5.26 Å². The summed E-state index contributed by atoms with van der Waals surface area (Å²) in [5.74, 6) is 0.646. The van der Waals surface area contributed by atoms with Crippen LogP contribution < -0.4 is 0 Å². The minimum Gasteiger partial charge on any atom is -0.244 e. The Hall–Kier alpha value is -0.400. The van der Waals surface area contributed by atoms with Crippen molar-refractivity contribution in [3.63, 3.8) is 0 Å².